The van der Waals surface area contributed by atoms with E-state index >= 15 is 0 Å². The van der Waals surface area contributed by atoms with Crippen LogP contribution in [0.3, 0.4) is 0 Å². The van der Waals surface area contributed by atoms with Gasteiger partial charge in [-0.15, -0.1) is 0 Å². The Bertz CT molecular complexity index is 1000. The molecular weight excluding hydrogens is 369 g/mol. The van der Waals surface area contributed by atoms with Crippen molar-refractivity contribution < 1.29 is 18.4 Å². The van der Waals surface area contributed by atoms with Crippen molar-refractivity contribution in [3.63, 3.8) is 0 Å². The highest BCUT2D eigenvalue weighted by Crippen LogP contribution is 2.15. The first kappa shape index (κ1) is 17.9. The lowest BCUT2D eigenvalue weighted by Crippen LogP contribution is -2.35. The average molecular weight is 385 g/mol. The Morgan fingerprint density at radius 3 is 2.93 bits per heavy atom. The lowest BCUT2D eigenvalue weighted by molar-refractivity contribution is 0.0886. The molecule has 3 heterocycles. The van der Waals surface area contributed by atoms with Gasteiger partial charge in [0.2, 0.25) is 17.6 Å². The fourth-order valence-corrected chi connectivity index (χ4v) is 2.75. The summed E-state index contributed by atoms with van der Waals surface area (Å²) in [6.45, 7) is 1.04. The first-order chi connectivity index (χ1) is 13.6. The molecule has 144 valence electrons. The normalized spacial score (nSPS) is 16.2. The maximum absolute atomic E-state index is 13.4. The van der Waals surface area contributed by atoms with Gasteiger partial charge in [-0.05, 0) is 24.1 Å². The van der Waals surface area contributed by atoms with Crippen LogP contribution in [0.25, 0.3) is 11.6 Å². The topological polar surface area (TPSA) is 142 Å². The molecule has 3 N–H and O–H groups in total. The molecule has 1 fully saturated rings. The van der Waals surface area contributed by atoms with Gasteiger partial charge in [0.1, 0.15) is 11.6 Å². The van der Waals surface area contributed by atoms with Gasteiger partial charge in [0.15, 0.2) is 0 Å². The van der Waals surface area contributed by atoms with E-state index in [0.29, 0.717) is 24.6 Å². The maximum Gasteiger partial charge on any atom is 0.316 e. The molecule has 0 bridgehead atoms. The number of benzene rings is 1. The number of hydrogen-bond acceptors (Lipinski definition) is 9. The summed E-state index contributed by atoms with van der Waals surface area (Å²) in [6, 6.07) is 5.97. The fourth-order valence-electron chi connectivity index (χ4n) is 2.75. The van der Waals surface area contributed by atoms with Crippen molar-refractivity contribution in [2.75, 3.05) is 18.9 Å². The first-order valence-electron chi connectivity index (χ1n) is 8.54. The largest absolute Gasteiger partial charge is 0.379 e. The van der Waals surface area contributed by atoms with E-state index in [1.807, 2.05) is 0 Å². The molecule has 1 atom stereocenters. The zero-order chi connectivity index (χ0) is 19.5. The number of amides is 1. The molecule has 28 heavy (non-hydrogen) atoms. The van der Waals surface area contributed by atoms with Crippen LogP contribution in [0.5, 0.6) is 0 Å². The van der Waals surface area contributed by atoms with E-state index in [1.54, 1.807) is 12.1 Å². The Balaban J connectivity index is 1.53. The number of ether oxygens (including phenoxy) is 1. The zero-order valence-electron chi connectivity index (χ0n) is 14.6. The molecule has 0 spiro atoms. The SMILES string of the molecule is Nc1nc(Cc2cccc(F)c2)nc(-c2noc(C(=O)N[C@@H]3CCOC3)n2)n1. The van der Waals surface area contributed by atoms with Gasteiger partial charge < -0.3 is 20.3 Å². The van der Waals surface area contributed by atoms with Crippen molar-refractivity contribution in [2.24, 2.45) is 0 Å². The van der Waals surface area contributed by atoms with E-state index < -0.39 is 5.91 Å². The number of nitrogens with two attached hydrogens (primary N) is 1. The van der Waals surface area contributed by atoms with Crippen LogP contribution < -0.4 is 11.1 Å². The van der Waals surface area contributed by atoms with Crippen LogP contribution in [-0.2, 0) is 11.2 Å². The van der Waals surface area contributed by atoms with Gasteiger partial charge in [0, 0.05) is 13.0 Å². The fraction of sp³-hybridized carbons (Fsp3) is 0.294. The molecule has 1 aliphatic heterocycles. The second-order valence-corrected chi connectivity index (χ2v) is 6.20. The van der Waals surface area contributed by atoms with E-state index in [2.05, 4.69) is 30.4 Å². The quantitative estimate of drug-likeness (QED) is 0.650. The summed E-state index contributed by atoms with van der Waals surface area (Å²) in [4.78, 5) is 28.5. The molecule has 4 rings (SSSR count). The minimum absolute atomic E-state index is 0.00224. The molecule has 2 aromatic heterocycles. The van der Waals surface area contributed by atoms with E-state index in [1.165, 1.54) is 12.1 Å². The maximum atomic E-state index is 13.4. The Labute approximate surface area is 158 Å². The van der Waals surface area contributed by atoms with Crippen molar-refractivity contribution in [1.82, 2.24) is 30.4 Å². The molecule has 1 aliphatic rings. The third-order valence-corrected chi connectivity index (χ3v) is 4.04. The molecule has 0 aliphatic carbocycles. The number of nitrogens with zero attached hydrogens (tertiary/aromatic N) is 5. The zero-order valence-corrected chi connectivity index (χ0v) is 14.6. The number of hydrogen-bond donors (Lipinski definition) is 2. The highest BCUT2D eigenvalue weighted by atomic mass is 19.1. The number of halogens is 1. The standard InChI is InChI=1S/C17H16FN7O3/c18-10-3-1-2-9(6-10)7-12-21-13(24-17(19)22-12)14-23-16(28-25-14)15(26)20-11-4-5-27-8-11/h1-3,6,11H,4-5,7-8H2,(H,20,26)(H2,19,21,22,24)/t11-/m1/s1. The minimum Gasteiger partial charge on any atom is -0.379 e. The number of aromatic nitrogens is 5. The summed E-state index contributed by atoms with van der Waals surface area (Å²) in [5.74, 6) is -0.749. The summed E-state index contributed by atoms with van der Waals surface area (Å²) in [7, 11) is 0. The second kappa shape index (κ2) is 7.64. The predicted octanol–water partition coefficient (Wildman–Crippen LogP) is 0.752. The summed E-state index contributed by atoms with van der Waals surface area (Å²) >= 11 is 0. The van der Waals surface area contributed by atoms with Crippen LogP contribution in [-0.4, -0.2) is 50.3 Å². The van der Waals surface area contributed by atoms with Gasteiger partial charge in [-0.25, -0.2) is 9.37 Å². The predicted molar refractivity (Wildman–Crippen MR) is 93.4 cm³/mol. The average Bonchev–Trinajstić information content (AvgIpc) is 3.33. The molecule has 1 saturated heterocycles. The van der Waals surface area contributed by atoms with Gasteiger partial charge in [-0.3, -0.25) is 4.79 Å². The molecule has 1 amide bonds. The van der Waals surface area contributed by atoms with Gasteiger partial charge >= 0.3 is 11.8 Å². The number of nitrogen functional groups attached to an aromatic ring is 1. The summed E-state index contributed by atoms with van der Waals surface area (Å²) in [5, 5.41) is 6.49. The third kappa shape index (κ3) is 4.09. The van der Waals surface area contributed by atoms with Gasteiger partial charge in [0.05, 0.1) is 12.6 Å². The molecule has 0 radical (unpaired) electrons. The minimum atomic E-state index is -0.503. The molecule has 1 aromatic carbocycles. The summed E-state index contributed by atoms with van der Waals surface area (Å²) in [6.07, 6.45) is 0.963. The van der Waals surface area contributed by atoms with Gasteiger partial charge in [-0.1, -0.05) is 17.3 Å². The number of anilines is 1. The van der Waals surface area contributed by atoms with Crippen LogP contribution in [0, 0.1) is 5.82 Å². The summed E-state index contributed by atoms with van der Waals surface area (Å²) < 4.78 is 23.6. The molecule has 3 aromatic rings. The molecule has 0 saturated carbocycles. The van der Waals surface area contributed by atoms with E-state index in [0.717, 1.165) is 6.42 Å². The van der Waals surface area contributed by atoms with E-state index in [-0.39, 0.29) is 41.8 Å². The van der Waals surface area contributed by atoms with Crippen LogP contribution >= 0.6 is 0 Å². The Kier molecular flexibility index (Phi) is 4.89. The monoisotopic (exact) mass is 385 g/mol. The second-order valence-electron chi connectivity index (χ2n) is 6.20. The van der Waals surface area contributed by atoms with Crippen molar-refractivity contribution in [3.05, 3.63) is 47.4 Å². The lowest BCUT2D eigenvalue weighted by Gasteiger charge is -2.07. The van der Waals surface area contributed by atoms with Crippen LogP contribution in [0.2, 0.25) is 0 Å². The van der Waals surface area contributed by atoms with Gasteiger partial charge in [-0.2, -0.15) is 15.0 Å². The highest BCUT2D eigenvalue weighted by Gasteiger charge is 2.23. The van der Waals surface area contributed by atoms with Crippen molar-refractivity contribution >= 4 is 11.9 Å². The first-order valence-corrected chi connectivity index (χ1v) is 8.54. The van der Waals surface area contributed by atoms with Crippen LogP contribution in [0.15, 0.2) is 28.8 Å². The van der Waals surface area contributed by atoms with Gasteiger partial charge in [0.25, 0.3) is 0 Å². The Hall–Kier alpha value is -3.47. The number of carbonyl (C=O) groups is 1. The number of nitrogens with one attached hydrogen (secondary N) is 1. The van der Waals surface area contributed by atoms with E-state index in [4.69, 9.17) is 15.0 Å². The number of rotatable bonds is 5. The smallest absolute Gasteiger partial charge is 0.316 e. The van der Waals surface area contributed by atoms with Crippen LogP contribution in [0.4, 0.5) is 10.3 Å². The Morgan fingerprint density at radius 2 is 2.14 bits per heavy atom. The van der Waals surface area contributed by atoms with E-state index in [9.17, 15) is 9.18 Å². The summed E-state index contributed by atoms with van der Waals surface area (Å²) in [5.41, 5.74) is 6.41. The van der Waals surface area contributed by atoms with Crippen molar-refractivity contribution in [1.29, 1.82) is 0 Å². The Morgan fingerprint density at radius 1 is 1.25 bits per heavy atom. The van der Waals surface area contributed by atoms with Crippen molar-refractivity contribution in [3.8, 4) is 11.6 Å². The molecular formula is C17H16FN7O3. The molecule has 11 heteroatoms. The van der Waals surface area contributed by atoms with Crippen LogP contribution in [0.1, 0.15) is 28.5 Å². The molecule has 10 nitrogen and oxygen atoms in total. The third-order valence-electron chi connectivity index (χ3n) is 4.04. The highest BCUT2D eigenvalue weighted by molar-refractivity contribution is 5.90. The number of carbonyl (C=O) groups excluding carboxylic acids is 1. The lowest BCUT2D eigenvalue weighted by atomic mass is 10.1. The van der Waals surface area contributed by atoms with Crippen molar-refractivity contribution in [2.45, 2.75) is 18.9 Å². The molecule has 0 unspecified atom stereocenters.